The normalized spacial score (nSPS) is 25.3. The average Bonchev–Trinajstić information content (AvgIpc) is 3.25. The summed E-state index contributed by atoms with van der Waals surface area (Å²) in [7, 11) is 0. The third-order valence-corrected chi connectivity index (χ3v) is 6.14. The van der Waals surface area contributed by atoms with E-state index in [1.54, 1.807) is 6.08 Å². The number of thioether (sulfide) groups is 1. The van der Waals surface area contributed by atoms with Crippen molar-refractivity contribution in [2.75, 3.05) is 18.0 Å². The zero-order chi connectivity index (χ0) is 18.8. The molecule has 3 aliphatic rings. The number of carbonyl (C=O) groups excluding carboxylic acids is 2. The zero-order valence-corrected chi connectivity index (χ0v) is 16.1. The van der Waals surface area contributed by atoms with Crippen molar-refractivity contribution in [3.63, 3.8) is 0 Å². The van der Waals surface area contributed by atoms with E-state index in [9.17, 15) is 9.59 Å². The predicted molar refractivity (Wildman–Crippen MR) is 108 cm³/mol. The highest BCUT2D eigenvalue weighted by atomic mass is 32.2. The highest BCUT2D eigenvalue weighted by Crippen LogP contribution is 2.39. The number of nitrogens with one attached hydrogen (secondary N) is 1. The Kier molecular flexibility index (Phi) is 5.41. The first-order valence-electron chi connectivity index (χ1n) is 9.65. The van der Waals surface area contributed by atoms with Gasteiger partial charge < -0.3 is 15.4 Å². The van der Waals surface area contributed by atoms with Gasteiger partial charge in [0.15, 0.2) is 0 Å². The molecule has 0 bridgehead atoms. The highest BCUT2D eigenvalue weighted by molar-refractivity contribution is 8.18. The van der Waals surface area contributed by atoms with Crippen LogP contribution in [0.25, 0.3) is 6.08 Å². The van der Waals surface area contributed by atoms with E-state index in [0.717, 1.165) is 67.5 Å². The first kappa shape index (κ1) is 18.4. The summed E-state index contributed by atoms with van der Waals surface area (Å²) in [5.41, 5.74) is 8.10. The minimum Gasteiger partial charge on any atom is -0.488 e. The first-order valence-corrected chi connectivity index (χ1v) is 10.5. The molecule has 1 aromatic carbocycles. The molecule has 2 heterocycles. The fourth-order valence-corrected chi connectivity index (χ4v) is 4.72. The van der Waals surface area contributed by atoms with Gasteiger partial charge in [0.25, 0.3) is 11.1 Å². The Balaban J connectivity index is 1.71. The summed E-state index contributed by atoms with van der Waals surface area (Å²) < 4.78 is 6.36. The van der Waals surface area contributed by atoms with Crippen LogP contribution >= 0.6 is 11.8 Å². The summed E-state index contributed by atoms with van der Waals surface area (Å²) in [5.74, 6) is 0.508. The SMILES string of the molecule is N[C@@H]1CCCN(c2c(C=C3SC(=O)NC3=O)cccc2OC2CCCC2)C1. The molecule has 7 heteroatoms. The van der Waals surface area contributed by atoms with Crippen molar-refractivity contribution in [1.82, 2.24) is 5.32 Å². The number of hydrogen-bond acceptors (Lipinski definition) is 6. The second kappa shape index (κ2) is 7.94. The van der Waals surface area contributed by atoms with Crippen molar-refractivity contribution in [3.05, 3.63) is 28.7 Å². The Bertz CT molecular complexity index is 774. The number of nitrogens with two attached hydrogens (primary N) is 1. The molecule has 144 valence electrons. The van der Waals surface area contributed by atoms with E-state index in [2.05, 4.69) is 10.2 Å². The van der Waals surface area contributed by atoms with Crippen molar-refractivity contribution < 1.29 is 14.3 Å². The van der Waals surface area contributed by atoms with Crippen LogP contribution in [0.3, 0.4) is 0 Å². The van der Waals surface area contributed by atoms with Crippen molar-refractivity contribution in [2.24, 2.45) is 5.73 Å². The summed E-state index contributed by atoms with van der Waals surface area (Å²) in [6.07, 6.45) is 8.66. The van der Waals surface area contributed by atoms with E-state index < -0.39 is 0 Å². The Morgan fingerprint density at radius 2 is 2.00 bits per heavy atom. The summed E-state index contributed by atoms with van der Waals surface area (Å²) in [6.45, 7) is 1.67. The zero-order valence-electron chi connectivity index (χ0n) is 15.3. The van der Waals surface area contributed by atoms with E-state index in [0.29, 0.717) is 4.91 Å². The van der Waals surface area contributed by atoms with Crippen molar-refractivity contribution in [1.29, 1.82) is 0 Å². The number of amides is 2. The quantitative estimate of drug-likeness (QED) is 0.772. The van der Waals surface area contributed by atoms with Gasteiger partial charge in [-0.3, -0.25) is 14.9 Å². The lowest BCUT2D eigenvalue weighted by atomic mass is 10.0. The molecule has 2 saturated heterocycles. The van der Waals surface area contributed by atoms with Gasteiger partial charge in [-0.25, -0.2) is 0 Å². The number of rotatable bonds is 4. The number of carbonyl (C=O) groups is 2. The van der Waals surface area contributed by atoms with Gasteiger partial charge in [-0.15, -0.1) is 0 Å². The molecule has 0 aromatic heterocycles. The second-order valence-electron chi connectivity index (χ2n) is 7.42. The minimum absolute atomic E-state index is 0.129. The number of imide groups is 1. The molecule has 0 spiro atoms. The van der Waals surface area contributed by atoms with Gasteiger partial charge in [-0.1, -0.05) is 12.1 Å². The monoisotopic (exact) mass is 387 g/mol. The molecule has 0 unspecified atom stereocenters. The van der Waals surface area contributed by atoms with E-state index in [1.165, 1.54) is 12.8 Å². The van der Waals surface area contributed by atoms with Crippen LogP contribution in [0.1, 0.15) is 44.1 Å². The fourth-order valence-electron chi connectivity index (χ4n) is 4.05. The molecule has 4 rings (SSSR count). The molecule has 3 fully saturated rings. The van der Waals surface area contributed by atoms with Gasteiger partial charge in [0, 0.05) is 24.7 Å². The molecule has 6 nitrogen and oxygen atoms in total. The van der Waals surface area contributed by atoms with E-state index >= 15 is 0 Å². The van der Waals surface area contributed by atoms with Crippen LogP contribution in [0.15, 0.2) is 23.1 Å². The molecule has 3 N–H and O–H groups in total. The number of para-hydroxylation sites is 1. The smallest absolute Gasteiger partial charge is 0.290 e. The lowest BCUT2D eigenvalue weighted by Gasteiger charge is -2.35. The fraction of sp³-hybridized carbons (Fsp3) is 0.500. The van der Waals surface area contributed by atoms with Crippen LogP contribution in [0, 0.1) is 0 Å². The topological polar surface area (TPSA) is 84.7 Å². The summed E-state index contributed by atoms with van der Waals surface area (Å²) >= 11 is 0.941. The van der Waals surface area contributed by atoms with Gasteiger partial charge in [-0.2, -0.15) is 0 Å². The first-order chi connectivity index (χ1) is 13.1. The highest BCUT2D eigenvalue weighted by Gasteiger charge is 2.28. The summed E-state index contributed by atoms with van der Waals surface area (Å²) in [5, 5.41) is 1.99. The van der Waals surface area contributed by atoms with E-state index in [-0.39, 0.29) is 23.3 Å². The number of hydrogen-bond donors (Lipinski definition) is 2. The molecular formula is C20H25N3O3S. The van der Waals surface area contributed by atoms with Crippen LogP contribution in [0.2, 0.25) is 0 Å². The number of ether oxygens (including phenoxy) is 1. The molecular weight excluding hydrogens is 362 g/mol. The molecule has 0 radical (unpaired) electrons. The lowest BCUT2D eigenvalue weighted by Crippen LogP contribution is -2.43. The Morgan fingerprint density at radius 3 is 2.70 bits per heavy atom. The van der Waals surface area contributed by atoms with Crippen LogP contribution < -0.4 is 20.7 Å². The summed E-state index contributed by atoms with van der Waals surface area (Å²) in [6, 6.07) is 6.05. The number of benzene rings is 1. The number of anilines is 1. The molecule has 1 saturated carbocycles. The molecule has 1 aromatic rings. The van der Waals surface area contributed by atoms with Gasteiger partial charge in [0.05, 0.1) is 16.7 Å². The van der Waals surface area contributed by atoms with Crippen molar-refractivity contribution in [2.45, 2.75) is 50.7 Å². The van der Waals surface area contributed by atoms with Gasteiger partial charge in [0.2, 0.25) is 0 Å². The second-order valence-corrected chi connectivity index (χ2v) is 8.43. The third kappa shape index (κ3) is 4.14. The summed E-state index contributed by atoms with van der Waals surface area (Å²) in [4.78, 5) is 26.2. The number of piperidine rings is 1. The Labute approximate surface area is 163 Å². The molecule has 1 aliphatic carbocycles. The van der Waals surface area contributed by atoms with Crippen LogP contribution in [0.4, 0.5) is 10.5 Å². The molecule has 27 heavy (non-hydrogen) atoms. The van der Waals surface area contributed by atoms with Gasteiger partial charge in [-0.05, 0) is 62.4 Å². The molecule has 1 atom stereocenters. The van der Waals surface area contributed by atoms with Crippen molar-refractivity contribution in [3.8, 4) is 5.75 Å². The Hall–Kier alpha value is -1.99. The van der Waals surface area contributed by atoms with Crippen LogP contribution in [0.5, 0.6) is 5.75 Å². The van der Waals surface area contributed by atoms with E-state index in [4.69, 9.17) is 10.5 Å². The van der Waals surface area contributed by atoms with Crippen LogP contribution in [-0.2, 0) is 4.79 Å². The van der Waals surface area contributed by atoms with Gasteiger partial charge in [0.1, 0.15) is 5.75 Å². The molecule has 2 amide bonds. The predicted octanol–water partition coefficient (Wildman–Crippen LogP) is 3.26. The van der Waals surface area contributed by atoms with Crippen molar-refractivity contribution >= 4 is 34.7 Å². The van der Waals surface area contributed by atoms with E-state index in [1.807, 2.05) is 18.2 Å². The minimum atomic E-state index is -0.339. The average molecular weight is 388 g/mol. The lowest BCUT2D eigenvalue weighted by molar-refractivity contribution is -0.115. The standard InChI is InChI=1S/C20H25N3O3S/c21-14-6-4-10-23(12-14)18-13(11-17-19(24)22-20(25)27-17)5-3-9-16(18)26-15-7-1-2-8-15/h3,5,9,11,14-15H,1-2,4,6-8,10,12,21H2,(H,22,24,25)/t14-/m1/s1. The maximum absolute atomic E-state index is 12.0. The maximum Gasteiger partial charge on any atom is 0.290 e. The number of nitrogens with zero attached hydrogens (tertiary/aromatic N) is 1. The molecule has 2 aliphatic heterocycles. The largest absolute Gasteiger partial charge is 0.488 e. The third-order valence-electron chi connectivity index (χ3n) is 5.33. The Morgan fingerprint density at radius 1 is 1.19 bits per heavy atom. The maximum atomic E-state index is 12.0. The van der Waals surface area contributed by atoms with Crippen LogP contribution in [-0.4, -0.2) is 36.4 Å². The van der Waals surface area contributed by atoms with Gasteiger partial charge >= 0.3 is 0 Å².